The van der Waals surface area contributed by atoms with Gasteiger partial charge in [-0.1, -0.05) is 45.4 Å². The maximum atomic E-state index is 12.9. The van der Waals surface area contributed by atoms with Gasteiger partial charge in [-0.05, 0) is 19.3 Å². The van der Waals surface area contributed by atoms with Crippen LogP contribution in [0.25, 0.3) is 0 Å². The van der Waals surface area contributed by atoms with E-state index in [-0.39, 0.29) is 40.7 Å². The van der Waals surface area contributed by atoms with Crippen molar-refractivity contribution in [3.05, 3.63) is 5.82 Å². The highest BCUT2D eigenvalue weighted by molar-refractivity contribution is 7.99. The second kappa shape index (κ2) is 7.50. The van der Waals surface area contributed by atoms with E-state index in [9.17, 15) is 13.2 Å². The number of hydrogen-bond donors (Lipinski definition) is 1. The van der Waals surface area contributed by atoms with E-state index in [1.54, 1.807) is 0 Å². The molecule has 0 unspecified atom stereocenters. The van der Waals surface area contributed by atoms with Crippen molar-refractivity contribution in [3.63, 3.8) is 0 Å². The Hall–Kier alpha value is -1.09. The molecule has 1 aromatic heterocycles. The van der Waals surface area contributed by atoms with E-state index in [1.807, 2.05) is 4.90 Å². The van der Waals surface area contributed by atoms with Gasteiger partial charge >= 0.3 is 0 Å². The quantitative estimate of drug-likeness (QED) is 0.761. The van der Waals surface area contributed by atoms with Gasteiger partial charge in [0.2, 0.25) is 11.1 Å². The van der Waals surface area contributed by atoms with Crippen LogP contribution in [-0.4, -0.2) is 63.7 Å². The molecule has 146 valence electrons. The summed E-state index contributed by atoms with van der Waals surface area (Å²) in [5.41, 5.74) is -0.121. The molecule has 2 heterocycles. The molecule has 0 radical (unpaired) electrons. The van der Waals surface area contributed by atoms with Crippen LogP contribution in [0, 0.1) is 0 Å². The van der Waals surface area contributed by atoms with Crippen molar-refractivity contribution in [2.75, 3.05) is 17.3 Å². The maximum Gasteiger partial charge on any atom is 0.233 e. The number of H-pyrrole nitrogens is 1. The van der Waals surface area contributed by atoms with Gasteiger partial charge < -0.3 is 4.90 Å². The molecule has 0 bridgehead atoms. The fourth-order valence-corrected chi connectivity index (χ4v) is 6.11. The number of amides is 1. The van der Waals surface area contributed by atoms with Crippen molar-refractivity contribution in [2.24, 2.45) is 0 Å². The molecular weight excluding hydrogens is 372 g/mol. The summed E-state index contributed by atoms with van der Waals surface area (Å²) in [6.07, 6.45) is 4.72. The fourth-order valence-electron chi connectivity index (χ4n) is 3.73. The highest BCUT2D eigenvalue weighted by Crippen LogP contribution is 2.30. The van der Waals surface area contributed by atoms with Crippen LogP contribution in [0.1, 0.15) is 58.7 Å². The van der Waals surface area contributed by atoms with E-state index in [2.05, 4.69) is 36.0 Å². The molecule has 1 aromatic rings. The highest BCUT2D eigenvalue weighted by Gasteiger charge is 2.38. The molecule has 26 heavy (non-hydrogen) atoms. The third-order valence-electron chi connectivity index (χ3n) is 5.11. The van der Waals surface area contributed by atoms with Gasteiger partial charge in [0, 0.05) is 17.5 Å². The zero-order valence-electron chi connectivity index (χ0n) is 15.7. The van der Waals surface area contributed by atoms with E-state index < -0.39 is 9.84 Å². The number of carbonyl (C=O) groups is 1. The second-order valence-corrected chi connectivity index (χ2v) is 11.5. The van der Waals surface area contributed by atoms with Crippen LogP contribution >= 0.6 is 11.8 Å². The van der Waals surface area contributed by atoms with E-state index >= 15 is 0 Å². The summed E-state index contributed by atoms with van der Waals surface area (Å²) in [6.45, 7) is 6.15. The van der Waals surface area contributed by atoms with Crippen LogP contribution in [0.3, 0.4) is 0 Å². The first-order chi connectivity index (χ1) is 12.2. The zero-order valence-corrected chi connectivity index (χ0v) is 17.3. The molecule has 0 aromatic carbocycles. The number of hydrogen-bond acceptors (Lipinski definition) is 6. The number of carbonyl (C=O) groups excluding carboxylic acids is 1. The minimum Gasteiger partial charge on any atom is -0.335 e. The molecule has 0 spiro atoms. The van der Waals surface area contributed by atoms with Crippen molar-refractivity contribution in [1.29, 1.82) is 0 Å². The van der Waals surface area contributed by atoms with Crippen molar-refractivity contribution in [2.45, 2.75) is 75.5 Å². The summed E-state index contributed by atoms with van der Waals surface area (Å²) in [4.78, 5) is 19.3. The maximum absolute atomic E-state index is 12.9. The van der Waals surface area contributed by atoms with Gasteiger partial charge in [-0.2, -0.15) is 0 Å². The predicted molar refractivity (Wildman–Crippen MR) is 102 cm³/mol. The Kier molecular flexibility index (Phi) is 5.67. The van der Waals surface area contributed by atoms with Gasteiger partial charge in [-0.25, -0.2) is 13.4 Å². The lowest BCUT2D eigenvalue weighted by molar-refractivity contribution is -0.132. The lowest BCUT2D eigenvalue weighted by atomic mass is 9.96. The molecule has 1 amide bonds. The minimum absolute atomic E-state index is 0.00566. The molecule has 1 saturated heterocycles. The normalized spacial score (nSPS) is 23.4. The number of rotatable bonds is 5. The van der Waals surface area contributed by atoms with Gasteiger partial charge in [0.25, 0.3) is 0 Å². The summed E-state index contributed by atoms with van der Waals surface area (Å²) in [7, 11) is -3.01. The number of aromatic nitrogens is 3. The summed E-state index contributed by atoms with van der Waals surface area (Å²) in [6, 6.07) is 0.00663. The van der Waals surface area contributed by atoms with E-state index in [1.165, 1.54) is 11.8 Å². The van der Waals surface area contributed by atoms with Crippen LogP contribution in [0.2, 0.25) is 0 Å². The van der Waals surface area contributed by atoms with Crippen molar-refractivity contribution in [1.82, 2.24) is 20.1 Å². The lowest BCUT2D eigenvalue weighted by Gasteiger charge is -2.34. The molecule has 2 aliphatic rings. The smallest absolute Gasteiger partial charge is 0.233 e. The number of nitrogens with one attached hydrogen (secondary N) is 1. The first-order valence-electron chi connectivity index (χ1n) is 9.23. The molecule has 2 fully saturated rings. The third-order valence-corrected chi connectivity index (χ3v) is 7.69. The first kappa shape index (κ1) is 19.7. The predicted octanol–water partition coefficient (Wildman–Crippen LogP) is 2.15. The van der Waals surface area contributed by atoms with Gasteiger partial charge in [-0.15, -0.1) is 5.10 Å². The van der Waals surface area contributed by atoms with Crippen LogP contribution in [0.15, 0.2) is 5.16 Å². The van der Waals surface area contributed by atoms with Crippen LogP contribution < -0.4 is 0 Å². The Morgan fingerprint density at radius 2 is 1.92 bits per heavy atom. The van der Waals surface area contributed by atoms with Crippen molar-refractivity contribution in [3.8, 4) is 0 Å². The standard InChI is InChI=1S/C17H28N4O3S2/c1-17(2,3)15-18-16(20-19-15)25-10-14(22)21(12-6-4-5-7-12)13-8-9-26(23,24)11-13/h12-13H,4-11H2,1-3H3,(H,18,19,20)/t13-/m1/s1. The molecule has 1 saturated carbocycles. The van der Waals surface area contributed by atoms with Crippen LogP contribution in [0.4, 0.5) is 0 Å². The molecule has 1 aliphatic carbocycles. The van der Waals surface area contributed by atoms with Crippen LogP contribution in [-0.2, 0) is 20.0 Å². The Labute approximate surface area is 159 Å². The zero-order chi connectivity index (χ0) is 18.9. The third kappa shape index (κ3) is 4.60. The molecule has 7 nitrogen and oxygen atoms in total. The van der Waals surface area contributed by atoms with Gasteiger partial charge in [0.15, 0.2) is 9.84 Å². The first-order valence-corrected chi connectivity index (χ1v) is 12.0. The van der Waals surface area contributed by atoms with E-state index in [4.69, 9.17) is 0 Å². The summed E-state index contributed by atoms with van der Waals surface area (Å²) < 4.78 is 23.8. The number of nitrogens with zero attached hydrogens (tertiary/aromatic N) is 3. The minimum atomic E-state index is -3.01. The SMILES string of the molecule is CC(C)(C)c1nc(SCC(=O)N(C2CCCC2)[C@@H]2CCS(=O)(=O)C2)n[nH]1. The average Bonchev–Trinajstić information content (AvgIpc) is 3.26. The van der Waals surface area contributed by atoms with Gasteiger partial charge in [0.1, 0.15) is 5.82 Å². The molecule has 1 N–H and O–H groups in total. The molecule has 1 atom stereocenters. The average molecular weight is 401 g/mol. The number of aromatic amines is 1. The van der Waals surface area contributed by atoms with E-state index in [0.717, 1.165) is 31.5 Å². The topological polar surface area (TPSA) is 96.0 Å². The summed E-state index contributed by atoms with van der Waals surface area (Å²) in [5, 5.41) is 7.69. The van der Waals surface area contributed by atoms with Gasteiger partial charge in [0.05, 0.1) is 17.3 Å². The lowest BCUT2D eigenvalue weighted by Crippen LogP contribution is -2.47. The fraction of sp³-hybridized carbons (Fsp3) is 0.824. The monoisotopic (exact) mass is 400 g/mol. The summed E-state index contributed by atoms with van der Waals surface area (Å²) in [5.74, 6) is 1.34. The Morgan fingerprint density at radius 1 is 1.23 bits per heavy atom. The molecular formula is C17H28N4O3S2. The number of thioether (sulfide) groups is 1. The second-order valence-electron chi connectivity index (χ2n) is 8.30. The van der Waals surface area contributed by atoms with Crippen molar-refractivity contribution >= 4 is 27.5 Å². The molecule has 1 aliphatic heterocycles. The van der Waals surface area contributed by atoms with Crippen molar-refractivity contribution < 1.29 is 13.2 Å². The van der Waals surface area contributed by atoms with Crippen LogP contribution in [0.5, 0.6) is 0 Å². The Balaban J connectivity index is 1.67. The number of sulfone groups is 1. The van der Waals surface area contributed by atoms with Gasteiger partial charge in [-0.3, -0.25) is 9.89 Å². The van der Waals surface area contributed by atoms with E-state index in [0.29, 0.717) is 11.6 Å². The molecule has 3 rings (SSSR count). The Bertz CT molecular complexity index is 748. The Morgan fingerprint density at radius 3 is 2.46 bits per heavy atom. The summed E-state index contributed by atoms with van der Waals surface area (Å²) >= 11 is 1.32. The highest BCUT2D eigenvalue weighted by atomic mass is 32.2. The largest absolute Gasteiger partial charge is 0.335 e. The molecule has 9 heteroatoms.